The molecule has 1 aliphatic carbocycles. The van der Waals surface area contributed by atoms with Gasteiger partial charge in [-0.3, -0.25) is 14.8 Å². The smallest absolute Gasteiger partial charge is 0.256 e. The van der Waals surface area contributed by atoms with Crippen molar-refractivity contribution in [1.29, 1.82) is 0 Å². The van der Waals surface area contributed by atoms with E-state index in [9.17, 15) is 9.18 Å². The average Bonchev–Trinajstić information content (AvgIpc) is 3.08. The van der Waals surface area contributed by atoms with Crippen molar-refractivity contribution in [2.45, 2.75) is 18.9 Å². The molecule has 1 saturated heterocycles. The van der Waals surface area contributed by atoms with Gasteiger partial charge < -0.3 is 10.6 Å². The Hall–Kier alpha value is -2.08. The van der Waals surface area contributed by atoms with E-state index < -0.39 is 5.82 Å². The number of nitrogens with two attached hydrogens (primary N) is 1. The maximum Gasteiger partial charge on any atom is 0.256 e. The number of carbonyl (C=O) groups excluding carboxylic acids is 1. The second-order valence-corrected chi connectivity index (χ2v) is 6.25. The molecule has 22 heavy (non-hydrogen) atoms. The molecule has 4 rings (SSSR count). The van der Waals surface area contributed by atoms with Crippen LogP contribution in [0, 0.1) is 17.7 Å². The van der Waals surface area contributed by atoms with E-state index in [0.29, 0.717) is 36.0 Å². The summed E-state index contributed by atoms with van der Waals surface area (Å²) in [6.45, 7) is 1.36. The Labute approximate surface area is 127 Å². The molecule has 6 heteroatoms. The molecule has 1 saturated carbocycles. The van der Waals surface area contributed by atoms with Gasteiger partial charge in [0.05, 0.1) is 11.1 Å². The lowest BCUT2D eigenvalue weighted by atomic mass is 9.98. The van der Waals surface area contributed by atoms with Gasteiger partial charge in [0.15, 0.2) is 0 Å². The third-order valence-corrected chi connectivity index (χ3v) is 4.97. The van der Waals surface area contributed by atoms with Crippen LogP contribution in [0.3, 0.4) is 0 Å². The lowest BCUT2D eigenvalue weighted by Crippen LogP contribution is -2.33. The number of benzene rings is 1. The highest BCUT2D eigenvalue weighted by atomic mass is 19.1. The number of nitrogens with zero attached hydrogens (tertiary/aromatic N) is 3. The summed E-state index contributed by atoms with van der Waals surface area (Å²) in [6.07, 6.45) is 5.12. The van der Waals surface area contributed by atoms with Crippen molar-refractivity contribution in [3.05, 3.63) is 35.9 Å². The van der Waals surface area contributed by atoms with Crippen LogP contribution < -0.4 is 5.73 Å². The van der Waals surface area contributed by atoms with Gasteiger partial charge in [-0.25, -0.2) is 4.39 Å². The van der Waals surface area contributed by atoms with Crippen LogP contribution in [0.5, 0.6) is 0 Å². The number of likely N-dealkylation sites (tertiary alicyclic amines) is 1. The van der Waals surface area contributed by atoms with Crippen LogP contribution in [0.4, 0.5) is 4.39 Å². The maximum absolute atomic E-state index is 13.8. The van der Waals surface area contributed by atoms with E-state index in [1.165, 1.54) is 24.5 Å². The van der Waals surface area contributed by atoms with Crippen molar-refractivity contribution in [2.75, 3.05) is 13.1 Å². The van der Waals surface area contributed by atoms with E-state index in [1.807, 2.05) is 0 Å². The quantitative estimate of drug-likeness (QED) is 0.868. The summed E-state index contributed by atoms with van der Waals surface area (Å²) in [5, 5.41) is 0. The van der Waals surface area contributed by atoms with Crippen molar-refractivity contribution in [3.8, 4) is 0 Å². The predicted molar refractivity (Wildman–Crippen MR) is 79.6 cm³/mol. The third-order valence-electron chi connectivity index (χ3n) is 4.97. The van der Waals surface area contributed by atoms with Gasteiger partial charge in [-0.1, -0.05) is 0 Å². The first kappa shape index (κ1) is 13.6. The molecule has 2 aliphatic rings. The predicted octanol–water partition coefficient (Wildman–Crippen LogP) is 1.58. The molecule has 0 radical (unpaired) electrons. The van der Waals surface area contributed by atoms with Crippen LogP contribution in [-0.4, -0.2) is 39.9 Å². The van der Waals surface area contributed by atoms with Gasteiger partial charge in [-0.05, 0) is 30.7 Å². The standard InChI is InChI=1S/C16H17FN4O/c17-10-5-11(15-14(6-10)19-3-4-20-15)16(22)21-7-9-1-2-13(18)12(9)8-21/h3-6,9,12-13H,1-2,7-8,18H2. The van der Waals surface area contributed by atoms with Crippen LogP contribution >= 0.6 is 0 Å². The number of hydrogen-bond donors (Lipinski definition) is 1. The van der Waals surface area contributed by atoms with E-state index in [-0.39, 0.29) is 17.5 Å². The first-order valence-corrected chi connectivity index (χ1v) is 7.58. The molecule has 2 aromatic rings. The lowest BCUT2D eigenvalue weighted by Gasteiger charge is -2.19. The minimum absolute atomic E-state index is 0.173. The Morgan fingerprint density at radius 3 is 2.86 bits per heavy atom. The normalized spacial score (nSPS) is 27.4. The second-order valence-electron chi connectivity index (χ2n) is 6.25. The van der Waals surface area contributed by atoms with E-state index in [0.717, 1.165) is 12.8 Å². The van der Waals surface area contributed by atoms with Crippen molar-refractivity contribution in [1.82, 2.24) is 14.9 Å². The van der Waals surface area contributed by atoms with Crippen molar-refractivity contribution in [3.63, 3.8) is 0 Å². The molecule has 1 aromatic heterocycles. The first-order valence-electron chi connectivity index (χ1n) is 7.58. The van der Waals surface area contributed by atoms with Gasteiger partial charge in [0, 0.05) is 37.6 Å². The summed E-state index contributed by atoms with van der Waals surface area (Å²) in [4.78, 5) is 22.9. The molecular formula is C16H17FN4O. The zero-order chi connectivity index (χ0) is 15.3. The highest BCUT2D eigenvalue weighted by molar-refractivity contribution is 6.04. The molecule has 2 N–H and O–H groups in total. The van der Waals surface area contributed by atoms with Gasteiger partial charge in [0.2, 0.25) is 0 Å². The maximum atomic E-state index is 13.8. The molecule has 2 fully saturated rings. The monoisotopic (exact) mass is 300 g/mol. The second kappa shape index (κ2) is 4.98. The third kappa shape index (κ3) is 2.06. The summed E-state index contributed by atoms with van der Waals surface area (Å²) < 4.78 is 13.8. The molecule has 1 aromatic carbocycles. The van der Waals surface area contributed by atoms with Crippen LogP contribution in [0.25, 0.3) is 11.0 Å². The minimum atomic E-state index is -0.465. The Bertz CT molecular complexity index is 750. The number of hydrogen-bond acceptors (Lipinski definition) is 4. The average molecular weight is 300 g/mol. The Morgan fingerprint density at radius 2 is 2.05 bits per heavy atom. The van der Waals surface area contributed by atoms with Crippen molar-refractivity contribution in [2.24, 2.45) is 17.6 Å². The van der Waals surface area contributed by atoms with Crippen LogP contribution in [0.1, 0.15) is 23.2 Å². The summed E-state index contributed by atoms with van der Waals surface area (Å²) in [6, 6.07) is 2.73. The number of fused-ring (bicyclic) bond motifs is 2. The SMILES string of the molecule is NC1CCC2CN(C(=O)c3cc(F)cc4nccnc34)CC12. The fourth-order valence-corrected chi connectivity index (χ4v) is 3.85. The van der Waals surface area contributed by atoms with Gasteiger partial charge in [-0.15, -0.1) is 0 Å². The molecule has 1 aliphatic heterocycles. The molecule has 114 valence electrons. The fraction of sp³-hybridized carbons (Fsp3) is 0.438. The Kier molecular flexibility index (Phi) is 3.07. The zero-order valence-electron chi connectivity index (χ0n) is 12.1. The van der Waals surface area contributed by atoms with E-state index in [2.05, 4.69) is 9.97 Å². The molecule has 1 amide bonds. The van der Waals surface area contributed by atoms with Gasteiger partial charge in [-0.2, -0.15) is 0 Å². The summed E-state index contributed by atoms with van der Waals surface area (Å²) in [5.74, 6) is 0.207. The van der Waals surface area contributed by atoms with Gasteiger partial charge in [0.25, 0.3) is 5.91 Å². The van der Waals surface area contributed by atoms with Gasteiger partial charge >= 0.3 is 0 Å². The van der Waals surface area contributed by atoms with E-state index in [1.54, 1.807) is 4.90 Å². The largest absolute Gasteiger partial charge is 0.338 e. The molecule has 3 atom stereocenters. The molecule has 0 spiro atoms. The van der Waals surface area contributed by atoms with Crippen LogP contribution in [0.2, 0.25) is 0 Å². The molecule has 0 bridgehead atoms. The fourth-order valence-electron chi connectivity index (χ4n) is 3.85. The van der Waals surface area contributed by atoms with Crippen LogP contribution in [-0.2, 0) is 0 Å². The Morgan fingerprint density at radius 1 is 1.23 bits per heavy atom. The number of halogens is 1. The van der Waals surface area contributed by atoms with Crippen molar-refractivity contribution >= 4 is 16.9 Å². The number of aromatic nitrogens is 2. The Balaban J connectivity index is 1.69. The molecule has 2 heterocycles. The summed E-state index contributed by atoms with van der Waals surface area (Å²) in [5.41, 5.74) is 7.26. The zero-order valence-corrected chi connectivity index (χ0v) is 12.1. The van der Waals surface area contributed by atoms with Gasteiger partial charge in [0.1, 0.15) is 11.3 Å². The number of carbonyl (C=O) groups is 1. The molecule has 3 unspecified atom stereocenters. The van der Waals surface area contributed by atoms with E-state index >= 15 is 0 Å². The van der Waals surface area contributed by atoms with Crippen molar-refractivity contribution < 1.29 is 9.18 Å². The molecular weight excluding hydrogens is 283 g/mol. The highest BCUT2D eigenvalue weighted by Crippen LogP contribution is 2.37. The topological polar surface area (TPSA) is 72.1 Å². The highest BCUT2D eigenvalue weighted by Gasteiger charge is 2.42. The lowest BCUT2D eigenvalue weighted by molar-refractivity contribution is 0.0781. The van der Waals surface area contributed by atoms with Crippen LogP contribution in [0.15, 0.2) is 24.5 Å². The number of rotatable bonds is 1. The summed E-state index contributed by atoms with van der Waals surface area (Å²) in [7, 11) is 0. The molecule has 5 nitrogen and oxygen atoms in total. The first-order chi connectivity index (χ1) is 10.6. The number of amides is 1. The summed E-state index contributed by atoms with van der Waals surface area (Å²) >= 11 is 0. The minimum Gasteiger partial charge on any atom is -0.338 e. The van der Waals surface area contributed by atoms with E-state index in [4.69, 9.17) is 5.73 Å².